The first-order chi connectivity index (χ1) is 6.15. The van der Waals surface area contributed by atoms with Gasteiger partial charge in [0.2, 0.25) is 6.10 Å². The van der Waals surface area contributed by atoms with Crippen molar-refractivity contribution in [2.45, 2.75) is 20.0 Å². The Hall–Kier alpha value is -1.34. The number of hydrogen-bond acceptors (Lipinski definition) is 4. The standard InChI is InChI=1S/C9H9NO2S/c1-4-8(12-7(3)11)9-6(2)13-5-10-9/h1,5,8H,2-3H3. The minimum atomic E-state index is -0.649. The van der Waals surface area contributed by atoms with E-state index in [1.54, 1.807) is 5.51 Å². The maximum absolute atomic E-state index is 10.7. The molecule has 1 rings (SSSR count). The minimum absolute atomic E-state index is 0.393. The average Bonchev–Trinajstić information content (AvgIpc) is 2.47. The average molecular weight is 195 g/mol. The van der Waals surface area contributed by atoms with Crippen molar-refractivity contribution in [3.8, 4) is 12.3 Å². The van der Waals surface area contributed by atoms with Crippen LogP contribution < -0.4 is 0 Å². The summed E-state index contributed by atoms with van der Waals surface area (Å²) in [5, 5.41) is 0. The highest BCUT2D eigenvalue weighted by Crippen LogP contribution is 2.21. The normalized spacial score (nSPS) is 11.8. The molecule has 13 heavy (non-hydrogen) atoms. The van der Waals surface area contributed by atoms with Crippen LogP contribution in [0.25, 0.3) is 0 Å². The molecule has 0 aliphatic heterocycles. The molecule has 0 saturated carbocycles. The lowest BCUT2D eigenvalue weighted by Crippen LogP contribution is -2.07. The minimum Gasteiger partial charge on any atom is -0.443 e. The van der Waals surface area contributed by atoms with Crippen LogP contribution in [-0.4, -0.2) is 11.0 Å². The molecule has 0 bridgehead atoms. The molecule has 0 aliphatic carbocycles. The van der Waals surface area contributed by atoms with E-state index < -0.39 is 12.1 Å². The first kappa shape index (κ1) is 9.75. The summed E-state index contributed by atoms with van der Waals surface area (Å²) in [7, 11) is 0. The molecule has 1 aromatic rings. The summed E-state index contributed by atoms with van der Waals surface area (Å²) >= 11 is 1.48. The van der Waals surface area contributed by atoms with E-state index >= 15 is 0 Å². The number of aryl methyl sites for hydroxylation is 1. The first-order valence-electron chi connectivity index (χ1n) is 3.68. The lowest BCUT2D eigenvalue weighted by molar-refractivity contribution is -0.144. The second kappa shape index (κ2) is 4.06. The zero-order chi connectivity index (χ0) is 9.84. The number of aromatic nitrogens is 1. The summed E-state index contributed by atoms with van der Waals surface area (Å²) in [5.74, 6) is 1.98. The van der Waals surface area contributed by atoms with Crippen LogP contribution in [0.1, 0.15) is 23.6 Å². The van der Waals surface area contributed by atoms with Crippen LogP contribution in [0.2, 0.25) is 0 Å². The van der Waals surface area contributed by atoms with Gasteiger partial charge in [-0.3, -0.25) is 4.79 Å². The number of carbonyl (C=O) groups excluding carboxylic acids is 1. The van der Waals surface area contributed by atoms with E-state index in [2.05, 4.69) is 10.9 Å². The predicted octanol–water partition coefficient (Wildman–Crippen LogP) is 1.69. The van der Waals surface area contributed by atoms with Gasteiger partial charge in [0, 0.05) is 11.8 Å². The largest absolute Gasteiger partial charge is 0.443 e. The van der Waals surface area contributed by atoms with Crippen molar-refractivity contribution in [2.24, 2.45) is 0 Å². The lowest BCUT2D eigenvalue weighted by atomic mass is 10.2. The maximum Gasteiger partial charge on any atom is 0.304 e. The Bertz CT molecular complexity index is 351. The van der Waals surface area contributed by atoms with Crippen LogP contribution >= 0.6 is 11.3 Å². The molecule has 1 heterocycles. The summed E-state index contributed by atoms with van der Waals surface area (Å²) in [6.45, 7) is 3.22. The third kappa shape index (κ3) is 2.30. The van der Waals surface area contributed by atoms with E-state index in [4.69, 9.17) is 11.2 Å². The van der Waals surface area contributed by atoms with Gasteiger partial charge in [0.05, 0.1) is 5.51 Å². The number of nitrogens with zero attached hydrogens (tertiary/aromatic N) is 1. The second-order valence-electron chi connectivity index (χ2n) is 2.45. The predicted molar refractivity (Wildman–Crippen MR) is 50.2 cm³/mol. The zero-order valence-corrected chi connectivity index (χ0v) is 8.22. The van der Waals surface area contributed by atoms with Crippen LogP contribution in [0.3, 0.4) is 0 Å². The van der Waals surface area contributed by atoms with Crippen molar-refractivity contribution in [1.82, 2.24) is 4.98 Å². The maximum atomic E-state index is 10.7. The molecule has 1 unspecified atom stereocenters. The quantitative estimate of drug-likeness (QED) is 0.532. The smallest absolute Gasteiger partial charge is 0.304 e. The molecule has 0 spiro atoms. The number of rotatable bonds is 2. The van der Waals surface area contributed by atoms with E-state index in [9.17, 15) is 4.79 Å². The van der Waals surface area contributed by atoms with E-state index in [1.165, 1.54) is 18.3 Å². The molecule has 0 radical (unpaired) electrons. The van der Waals surface area contributed by atoms with E-state index in [1.807, 2.05) is 6.92 Å². The summed E-state index contributed by atoms with van der Waals surface area (Å²) in [6.07, 6.45) is 4.57. The van der Waals surface area contributed by atoms with Crippen molar-refractivity contribution < 1.29 is 9.53 Å². The van der Waals surface area contributed by atoms with E-state index in [-0.39, 0.29) is 0 Å². The van der Waals surface area contributed by atoms with Crippen LogP contribution in [0, 0.1) is 19.3 Å². The molecule has 1 aromatic heterocycles. The summed E-state index contributed by atoms with van der Waals surface area (Å²) < 4.78 is 4.89. The monoisotopic (exact) mass is 195 g/mol. The van der Waals surface area contributed by atoms with E-state index in [0.29, 0.717) is 5.69 Å². The van der Waals surface area contributed by atoms with Crippen LogP contribution in [0.15, 0.2) is 5.51 Å². The molecule has 0 amide bonds. The molecule has 0 aromatic carbocycles. The topological polar surface area (TPSA) is 39.2 Å². The number of carbonyl (C=O) groups is 1. The molecule has 4 heteroatoms. The summed E-state index contributed by atoms with van der Waals surface area (Å²) in [5.41, 5.74) is 2.33. The highest BCUT2D eigenvalue weighted by molar-refractivity contribution is 7.09. The first-order valence-corrected chi connectivity index (χ1v) is 4.56. The fourth-order valence-electron chi connectivity index (χ4n) is 0.901. The van der Waals surface area contributed by atoms with Gasteiger partial charge in [0.25, 0.3) is 0 Å². The highest BCUT2D eigenvalue weighted by Gasteiger charge is 2.16. The fourth-order valence-corrected chi connectivity index (χ4v) is 1.51. The zero-order valence-electron chi connectivity index (χ0n) is 7.40. The number of thiazole rings is 1. The van der Waals surface area contributed by atoms with Gasteiger partial charge in [-0.15, -0.1) is 17.8 Å². The number of esters is 1. The Morgan fingerprint density at radius 3 is 2.92 bits per heavy atom. The number of terminal acetylenes is 1. The van der Waals surface area contributed by atoms with Crippen LogP contribution in [0.4, 0.5) is 0 Å². The Labute approximate surface area is 80.8 Å². The van der Waals surface area contributed by atoms with Crippen molar-refractivity contribution >= 4 is 17.3 Å². The third-order valence-corrected chi connectivity index (χ3v) is 2.24. The Kier molecular flexibility index (Phi) is 3.04. The number of hydrogen-bond donors (Lipinski definition) is 0. The summed E-state index contributed by atoms with van der Waals surface area (Å²) in [4.78, 5) is 15.7. The molecule has 0 N–H and O–H groups in total. The molecule has 0 fully saturated rings. The van der Waals surface area contributed by atoms with Gasteiger partial charge >= 0.3 is 5.97 Å². The Morgan fingerprint density at radius 2 is 2.54 bits per heavy atom. The van der Waals surface area contributed by atoms with Gasteiger partial charge in [-0.1, -0.05) is 5.92 Å². The van der Waals surface area contributed by atoms with Crippen molar-refractivity contribution in [2.75, 3.05) is 0 Å². The van der Waals surface area contributed by atoms with Crippen molar-refractivity contribution in [1.29, 1.82) is 0 Å². The van der Waals surface area contributed by atoms with Crippen LogP contribution in [-0.2, 0) is 9.53 Å². The molecule has 0 saturated heterocycles. The third-order valence-electron chi connectivity index (χ3n) is 1.47. The van der Waals surface area contributed by atoms with Gasteiger partial charge in [0.1, 0.15) is 5.69 Å². The molecular formula is C9H9NO2S. The Balaban J connectivity index is 2.86. The fraction of sp³-hybridized carbons (Fsp3) is 0.333. The molecule has 0 aliphatic rings. The Morgan fingerprint density at radius 1 is 1.85 bits per heavy atom. The van der Waals surface area contributed by atoms with Gasteiger partial charge in [0.15, 0.2) is 0 Å². The van der Waals surface area contributed by atoms with Gasteiger partial charge < -0.3 is 4.74 Å². The molecule has 1 atom stereocenters. The summed E-state index contributed by atoms with van der Waals surface area (Å²) in [6, 6.07) is 0. The van der Waals surface area contributed by atoms with Gasteiger partial charge in [-0.2, -0.15) is 0 Å². The van der Waals surface area contributed by atoms with Crippen molar-refractivity contribution in [3.05, 3.63) is 16.1 Å². The van der Waals surface area contributed by atoms with Gasteiger partial charge in [-0.05, 0) is 6.92 Å². The lowest BCUT2D eigenvalue weighted by Gasteiger charge is -2.08. The van der Waals surface area contributed by atoms with Crippen LogP contribution in [0.5, 0.6) is 0 Å². The molecule has 3 nitrogen and oxygen atoms in total. The van der Waals surface area contributed by atoms with Gasteiger partial charge in [-0.25, -0.2) is 4.98 Å². The molecule has 68 valence electrons. The van der Waals surface area contributed by atoms with Crippen molar-refractivity contribution in [3.63, 3.8) is 0 Å². The van der Waals surface area contributed by atoms with E-state index in [0.717, 1.165) is 4.88 Å². The molecular weight excluding hydrogens is 186 g/mol. The number of ether oxygens (including phenoxy) is 1. The SMILES string of the molecule is C#CC(OC(C)=O)c1ncsc1C. The second-order valence-corrected chi connectivity index (χ2v) is 3.51. The highest BCUT2D eigenvalue weighted by atomic mass is 32.1.